The third-order valence-electron chi connectivity index (χ3n) is 0. The third kappa shape index (κ3) is 676. The summed E-state index contributed by atoms with van der Waals surface area (Å²) >= 11 is 0. The van der Waals surface area contributed by atoms with Gasteiger partial charge in [0.15, 0.2) is 0 Å². The van der Waals surface area contributed by atoms with E-state index in [1.54, 1.807) is 0 Å². The summed E-state index contributed by atoms with van der Waals surface area (Å²) < 4.78 is 0. The second kappa shape index (κ2) is 3.86. The number of rotatable bonds is 0. The van der Waals surface area contributed by atoms with Crippen molar-refractivity contribution in [3.8, 4) is 0 Å². The van der Waals surface area contributed by atoms with E-state index >= 15 is 0 Å². The predicted octanol–water partition coefficient (Wildman–Crippen LogP) is -0.627. The maximum Gasteiger partial charge on any atom is 0.0859 e. The van der Waals surface area contributed by atoms with Gasteiger partial charge in [-0.1, -0.05) is 6.58 Å². The molecule has 0 amide bonds. The van der Waals surface area contributed by atoms with E-state index in [0.29, 0.717) is 0 Å². The first-order chi connectivity index (χ1) is 1.73. The molecule has 0 aromatic carbocycles. The molecule has 0 aliphatic carbocycles. The van der Waals surface area contributed by atoms with Crippen molar-refractivity contribution in [3.05, 3.63) is 12.4 Å². The smallest absolute Gasteiger partial charge is 0.0859 e. The molecule has 0 unspecified atom stereocenters. The summed E-state index contributed by atoms with van der Waals surface area (Å²) in [7, 11) is 0. The molecule has 0 heterocycles. The van der Waals surface area contributed by atoms with Gasteiger partial charge in [0.1, 0.15) is 0 Å². The first kappa shape index (κ1) is 8.85. The van der Waals surface area contributed by atoms with Gasteiger partial charge >= 0.3 is 0 Å². The monoisotopic (exact) mass is 121 g/mol. The van der Waals surface area contributed by atoms with Crippen molar-refractivity contribution in [2.45, 2.75) is 0 Å². The quantitative estimate of drug-likeness (QED) is 0.420. The van der Waals surface area contributed by atoms with Crippen LogP contribution in [0.1, 0.15) is 0 Å². The standard InChI is InChI=1S/C2H6N2.Cu/c1-2(3)4;/h1,3-4H2;. The molecule has 0 bridgehead atoms. The number of hydrogen-bond acceptors (Lipinski definition) is 2. The fourth-order valence-electron chi connectivity index (χ4n) is 0. The van der Waals surface area contributed by atoms with Crippen LogP contribution < -0.4 is 11.5 Å². The zero-order valence-corrected chi connectivity index (χ0v) is 3.60. The van der Waals surface area contributed by atoms with Gasteiger partial charge in [0.05, 0.1) is 5.82 Å². The maximum absolute atomic E-state index is 4.69. The van der Waals surface area contributed by atoms with Gasteiger partial charge < -0.3 is 11.5 Å². The Morgan fingerprint density at radius 2 is 1.40 bits per heavy atom. The van der Waals surface area contributed by atoms with Gasteiger partial charge in [-0.2, -0.15) is 0 Å². The van der Waals surface area contributed by atoms with Crippen molar-refractivity contribution >= 4 is 0 Å². The molecule has 0 fully saturated rings. The fraction of sp³-hybridized carbons (Fsp3) is 0. The van der Waals surface area contributed by atoms with Gasteiger partial charge in [0, 0.05) is 17.1 Å². The first-order valence-corrected chi connectivity index (χ1v) is 0.931. The van der Waals surface area contributed by atoms with Crippen molar-refractivity contribution in [2.75, 3.05) is 0 Å². The Balaban J connectivity index is 0. The average molecular weight is 122 g/mol. The minimum Gasteiger partial charge on any atom is -0.386 e. The summed E-state index contributed by atoms with van der Waals surface area (Å²) in [5.41, 5.74) is 9.39. The molecule has 3 heteroatoms. The van der Waals surface area contributed by atoms with Gasteiger partial charge in [-0.25, -0.2) is 0 Å². The molecule has 0 rings (SSSR count). The number of hydrogen-bond donors (Lipinski definition) is 2. The molecule has 0 aliphatic heterocycles. The Bertz CT molecular complexity index is 30.6. The third-order valence-corrected chi connectivity index (χ3v) is 0. The molecule has 0 saturated heterocycles. The van der Waals surface area contributed by atoms with Gasteiger partial charge in [-0.15, -0.1) is 0 Å². The summed E-state index contributed by atoms with van der Waals surface area (Å²) in [4.78, 5) is 0. The van der Waals surface area contributed by atoms with E-state index < -0.39 is 0 Å². The summed E-state index contributed by atoms with van der Waals surface area (Å²) in [6, 6.07) is 0. The van der Waals surface area contributed by atoms with Crippen LogP contribution in [-0.2, 0) is 17.1 Å². The van der Waals surface area contributed by atoms with Crippen molar-refractivity contribution < 1.29 is 17.1 Å². The predicted molar refractivity (Wildman–Crippen MR) is 17.5 cm³/mol. The van der Waals surface area contributed by atoms with E-state index in [1.807, 2.05) is 0 Å². The molecule has 2 nitrogen and oxygen atoms in total. The van der Waals surface area contributed by atoms with Crippen molar-refractivity contribution in [2.24, 2.45) is 11.5 Å². The van der Waals surface area contributed by atoms with Gasteiger partial charge in [0.25, 0.3) is 0 Å². The molecule has 1 radical (unpaired) electrons. The number of nitrogens with two attached hydrogens (primary N) is 2. The van der Waals surface area contributed by atoms with E-state index in [4.69, 9.17) is 11.5 Å². The van der Waals surface area contributed by atoms with Crippen LogP contribution in [-0.4, -0.2) is 0 Å². The van der Waals surface area contributed by atoms with E-state index in [1.165, 1.54) is 0 Å². The fourth-order valence-corrected chi connectivity index (χ4v) is 0. The SMILES string of the molecule is C=C(N)N.[Cu]. The minimum absolute atomic E-state index is 0. The van der Waals surface area contributed by atoms with Crippen LogP contribution in [0, 0.1) is 0 Å². The summed E-state index contributed by atoms with van der Waals surface area (Å²) in [6.45, 7) is 3.11. The van der Waals surface area contributed by atoms with Crippen molar-refractivity contribution in [1.29, 1.82) is 0 Å². The van der Waals surface area contributed by atoms with E-state index in [9.17, 15) is 0 Å². The van der Waals surface area contributed by atoms with Crippen LogP contribution in [0.25, 0.3) is 0 Å². The molecular weight excluding hydrogens is 116 g/mol. The zero-order chi connectivity index (χ0) is 3.58. The summed E-state index contributed by atoms with van der Waals surface area (Å²) in [6.07, 6.45) is 0. The van der Waals surface area contributed by atoms with Crippen LogP contribution in [0.2, 0.25) is 0 Å². The van der Waals surface area contributed by atoms with Gasteiger partial charge in [-0.3, -0.25) is 0 Å². The van der Waals surface area contributed by atoms with Crippen LogP contribution in [0.3, 0.4) is 0 Å². The summed E-state index contributed by atoms with van der Waals surface area (Å²) in [5, 5.41) is 0. The molecule has 0 aromatic heterocycles. The second-order valence-electron chi connectivity index (χ2n) is 0.575. The van der Waals surface area contributed by atoms with E-state index in [-0.39, 0.29) is 22.9 Å². The normalized spacial score (nSPS) is 4.80. The summed E-state index contributed by atoms with van der Waals surface area (Å²) in [5.74, 6) is 0.167. The van der Waals surface area contributed by atoms with Crippen molar-refractivity contribution in [3.63, 3.8) is 0 Å². The average Bonchev–Trinajstić information content (AvgIpc) is 0.811. The van der Waals surface area contributed by atoms with Crippen molar-refractivity contribution in [1.82, 2.24) is 0 Å². The molecule has 0 saturated carbocycles. The molecule has 35 valence electrons. The molecule has 5 heavy (non-hydrogen) atoms. The Labute approximate surface area is 41.7 Å². The maximum atomic E-state index is 4.69. The van der Waals surface area contributed by atoms with Gasteiger partial charge in [-0.05, 0) is 0 Å². The van der Waals surface area contributed by atoms with Crippen LogP contribution in [0.4, 0.5) is 0 Å². The zero-order valence-electron chi connectivity index (χ0n) is 2.66. The largest absolute Gasteiger partial charge is 0.386 e. The molecule has 0 spiro atoms. The molecule has 0 aromatic rings. The Kier molecular flexibility index (Phi) is 6.83. The van der Waals surface area contributed by atoms with Crippen LogP contribution >= 0.6 is 0 Å². The van der Waals surface area contributed by atoms with Crippen LogP contribution in [0.15, 0.2) is 12.4 Å². The molecule has 0 atom stereocenters. The second-order valence-corrected chi connectivity index (χ2v) is 0.575. The minimum atomic E-state index is 0. The Morgan fingerprint density at radius 3 is 1.40 bits per heavy atom. The Hall–Kier alpha value is -0.141. The molecule has 4 N–H and O–H groups in total. The molecular formula is C2H6CuN2. The van der Waals surface area contributed by atoms with Crippen LogP contribution in [0.5, 0.6) is 0 Å². The van der Waals surface area contributed by atoms with E-state index in [2.05, 4.69) is 6.58 Å². The van der Waals surface area contributed by atoms with Gasteiger partial charge in [0.2, 0.25) is 0 Å². The Morgan fingerprint density at radius 1 is 1.40 bits per heavy atom. The first-order valence-electron chi connectivity index (χ1n) is 0.931. The topological polar surface area (TPSA) is 52.0 Å². The molecule has 0 aliphatic rings. The van der Waals surface area contributed by atoms with E-state index in [0.717, 1.165) is 0 Å².